The van der Waals surface area contributed by atoms with Crippen molar-refractivity contribution in [2.24, 2.45) is 22.1 Å². The van der Waals surface area contributed by atoms with Gasteiger partial charge < -0.3 is 10.5 Å². The van der Waals surface area contributed by atoms with Crippen molar-refractivity contribution in [2.45, 2.75) is 51.7 Å². The standard InChI is InChI=1S/C19H27N3O2/c1-4-23-15-6-5-14-12-18(9-7-13(2)8-10-18)19(16(14)11-15)21-17(20)22(3)24-19/h5-6,11,13H,4,7-10,12H2,1-3H3,(H2,20,21). The summed E-state index contributed by atoms with van der Waals surface area (Å²) in [7, 11) is 1.84. The second kappa shape index (κ2) is 5.38. The topological polar surface area (TPSA) is 60.1 Å². The number of ether oxygens (including phenoxy) is 1. The van der Waals surface area contributed by atoms with Crippen molar-refractivity contribution in [1.82, 2.24) is 5.06 Å². The fraction of sp³-hybridized carbons (Fsp3) is 0.632. The first-order valence-electron chi connectivity index (χ1n) is 9.04. The Bertz CT molecular complexity index is 679. The average Bonchev–Trinajstić information content (AvgIpc) is 3.00. The molecule has 1 aliphatic heterocycles. The molecule has 1 atom stereocenters. The normalized spacial score (nSPS) is 34.7. The summed E-state index contributed by atoms with van der Waals surface area (Å²) in [5, 5.41) is 1.63. The third-order valence-electron chi connectivity index (χ3n) is 6.10. The van der Waals surface area contributed by atoms with E-state index in [-0.39, 0.29) is 5.41 Å². The second-order valence-electron chi connectivity index (χ2n) is 7.59. The Balaban J connectivity index is 1.83. The van der Waals surface area contributed by atoms with Crippen molar-refractivity contribution < 1.29 is 9.57 Å². The molecule has 0 amide bonds. The molecule has 0 aromatic heterocycles. The number of hydrogen-bond donors (Lipinski definition) is 1. The van der Waals surface area contributed by atoms with Gasteiger partial charge in [0.25, 0.3) is 0 Å². The molecule has 1 saturated carbocycles. The largest absolute Gasteiger partial charge is 0.494 e. The summed E-state index contributed by atoms with van der Waals surface area (Å²) in [6, 6.07) is 6.36. The van der Waals surface area contributed by atoms with Crippen molar-refractivity contribution in [3.63, 3.8) is 0 Å². The summed E-state index contributed by atoms with van der Waals surface area (Å²) in [5.74, 6) is 2.11. The minimum atomic E-state index is -0.686. The number of hydrogen-bond acceptors (Lipinski definition) is 5. The lowest BCUT2D eigenvalue weighted by atomic mass is 9.65. The predicted octanol–water partition coefficient (Wildman–Crippen LogP) is 3.18. The molecule has 2 aliphatic carbocycles. The number of benzene rings is 1. The molecule has 3 aliphatic rings. The van der Waals surface area contributed by atoms with Gasteiger partial charge in [0.05, 0.1) is 6.61 Å². The van der Waals surface area contributed by atoms with Gasteiger partial charge in [-0.25, -0.2) is 14.9 Å². The van der Waals surface area contributed by atoms with Crippen molar-refractivity contribution in [2.75, 3.05) is 13.7 Å². The molecular formula is C19H27N3O2. The van der Waals surface area contributed by atoms with E-state index in [1.807, 2.05) is 14.0 Å². The molecule has 1 aromatic carbocycles. The molecule has 0 radical (unpaired) electrons. The van der Waals surface area contributed by atoms with Gasteiger partial charge in [0.1, 0.15) is 5.75 Å². The van der Waals surface area contributed by atoms with Crippen molar-refractivity contribution in [3.05, 3.63) is 29.3 Å². The van der Waals surface area contributed by atoms with Crippen LogP contribution in [0.3, 0.4) is 0 Å². The van der Waals surface area contributed by atoms with Crippen molar-refractivity contribution in [3.8, 4) is 5.75 Å². The third-order valence-corrected chi connectivity index (χ3v) is 6.10. The van der Waals surface area contributed by atoms with Gasteiger partial charge in [-0.2, -0.15) is 0 Å². The number of guanidine groups is 1. The molecule has 4 rings (SSSR count). The van der Waals surface area contributed by atoms with Gasteiger partial charge in [0, 0.05) is 18.0 Å². The number of nitrogens with two attached hydrogens (primary N) is 1. The van der Waals surface area contributed by atoms with Crippen LogP contribution < -0.4 is 10.5 Å². The average molecular weight is 329 g/mol. The molecule has 1 aromatic rings. The summed E-state index contributed by atoms with van der Waals surface area (Å²) < 4.78 is 5.73. The molecule has 5 heteroatoms. The molecule has 1 unspecified atom stereocenters. The molecule has 0 bridgehead atoms. The van der Waals surface area contributed by atoms with E-state index < -0.39 is 5.72 Å². The maximum atomic E-state index is 6.36. The van der Waals surface area contributed by atoms with Crippen molar-refractivity contribution in [1.29, 1.82) is 0 Å². The Kier molecular flexibility index (Phi) is 3.53. The van der Waals surface area contributed by atoms with E-state index >= 15 is 0 Å². The fourth-order valence-corrected chi connectivity index (χ4v) is 4.70. The van der Waals surface area contributed by atoms with E-state index in [0.717, 1.165) is 36.5 Å². The zero-order valence-electron chi connectivity index (χ0n) is 14.8. The first-order valence-corrected chi connectivity index (χ1v) is 9.04. The Hall–Kier alpha value is -1.75. The number of fused-ring (bicyclic) bond motifs is 3. The fourth-order valence-electron chi connectivity index (χ4n) is 4.70. The number of nitrogens with zero attached hydrogens (tertiary/aromatic N) is 2. The molecule has 24 heavy (non-hydrogen) atoms. The number of aliphatic imine (C=N–C) groups is 1. The molecule has 130 valence electrons. The maximum Gasteiger partial charge on any atom is 0.220 e. The molecule has 2 N–H and O–H groups in total. The highest BCUT2D eigenvalue weighted by molar-refractivity contribution is 5.79. The molecule has 5 nitrogen and oxygen atoms in total. The van der Waals surface area contributed by atoms with E-state index in [4.69, 9.17) is 20.3 Å². The van der Waals surface area contributed by atoms with E-state index in [2.05, 4.69) is 25.1 Å². The Morgan fingerprint density at radius 1 is 1.38 bits per heavy atom. The maximum absolute atomic E-state index is 6.36. The van der Waals surface area contributed by atoms with Crippen LogP contribution in [0.5, 0.6) is 5.75 Å². The number of hydroxylamine groups is 2. The molecule has 0 saturated heterocycles. The smallest absolute Gasteiger partial charge is 0.220 e. The Morgan fingerprint density at radius 3 is 2.75 bits per heavy atom. The van der Waals surface area contributed by atoms with E-state index in [1.165, 1.54) is 18.4 Å². The molecule has 1 fully saturated rings. The van der Waals surface area contributed by atoms with Gasteiger partial charge in [-0.3, -0.25) is 0 Å². The summed E-state index contributed by atoms with van der Waals surface area (Å²) in [4.78, 5) is 11.2. The van der Waals surface area contributed by atoms with Crippen LogP contribution in [0.4, 0.5) is 0 Å². The lowest BCUT2D eigenvalue weighted by Gasteiger charge is -2.44. The van der Waals surface area contributed by atoms with Crippen LogP contribution in [0.1, 0.15) is 50.7 Å². The Labute approximate surface area is 143 Å². The lowest BCUT2D eigenvalue weighted by molar-refractivity contribution is -0.230. The van der Waals surface area contributed by atoms with Crippen LogP contribution >= 0.6 is 0 Å². The quantitative estimate of drug-likeness (QED) is 0.905. The molecule has 2 spiro atoms. The van der Waals surface area contributed by atoms with E-state index in [9.17, 15) is 0 Å². The minimum Gasteiger partial charge on any atom is -0.494 e. The Morgan fingerprint density at radius 2 is 2.12 bits per heavy atom. The van der Waals surface area contributed by atoms with Crippen molar-refractivity contribution >= 4 is 5.96 Å². The van der Waals surface area contributed by atoms with E-state index in [1.54, 1.807) is 5.06 Å². The zero-order valence-corrected chi connectivity index (χ0v) is 14.8. The number of rotatable bonds is 2. The van der Waals surface area contributed by atoms with Crippen LogP contribution in [0.2, 0.25) is 0 Å². The summed E-state index contributed by atoms with van der Waals surface area (Å²) in [6.45, 7) is 5.00. The van der Waals surface area contributed by atoms with Crippen LogP contribution in [0.25, 0.3) is 0 Å². The summed E-state index contributed by atoms with van der Waals surface area (Å²) >= 11 is 0. The highest BCUT2D eigenvalue weighted by Crippen LogP contribution is 2.62. The first-order chi connectivity index (χ1) is 11.5. The predicted molar refractivity (Wildman–Crippen MR) is 93.5 cm³/mol. The summed E-state index contributed by atoms with van der Waals surface area (Å²) in [6.07, 6.45) is 5.69. The van der Waals surface area contributed by atoms with Gasteiger partial charge >= 0.3 is 0 Å². The first kappa shape index (κ1) is 15.8. The zero-order chi connectivity index (χ0) is 16.9. The van der Waals surface area contributed by atoms with Gasteiger partial charge in [-0.1, -0.05) is 13.0 Å². The minimum absolute atomic E-state index is 0.00204. The highest BCUT2D eigenvalue weighted by atomic mass is 16.7. The SMILES string of the molecule is CCOc1ccc2c(c1)C1(N=C(N)N(C)O1)C1(CCC(C)CC1)C2. The lowest BCUT2D eigenvalue weighted by Crippen LogP contribution is -2.45. The third kappa shape index (κ3) is 2.07. The van der Waals surface area contributed by atoms with Crippen LogP contribution in [0, 0.1) is 11.3 Å². The van der Waals surface area contributed by atoms with Gasteiger partial charge in [0.15, 0.2) is 0 Å². The van der Waals surface area contributed by atoms with Gasteiger partial charge in [-0.15, -0.1) is 0 Å². The van der Waals surface area contributed by atoms with E-state index in [0.29, 0.717) is 12.6 Å². The van der Waals surface area contributed by atoms with Crippen LogP contribution in [-0.4, -0.2) is 24.7 Å². The monoisotopic (exact) mass is 329 g/mol. The van der Waals surface area contributed by atoms with Crippen LogP contribution in [0.15, 0.2) is 23.2 Å². The van der Waals surface area contributed by atoms with Gasteiger partial charge in [0.2, 0.25) is 11.7 Å². The molecular weight excluding hydrogens is 302 g/mol. The van der Waals surface area contributed by atoms with Gasteiger partial charge in [-0.05, 0) is 62.6 Å². The summed E-state index contributed by atoms with van der Waals surface area (Å²) in [5.41, 5.74) is 7.89. The molecule has 1 heterocycles. The second-order valence-corrected chi connectivity index (χ2v) is 7.59. The van der Waals surface area contributed by atoms with Crippen LogP contribution in [-0.2, 0) is 17.0 Å². The highest BCUT2D eigenvalue weighted by Gasteiger charge is 2.63.